The van der Waals surface area contributed by atoms with Crippen LogP contribution in [0.25, 0.3) is 0 Å². The van der Waals surface area contributed by atoms with Crippen molar-refractivity contribution < 1.29 is 4.74 Å². The summed E-state index contributed by atoms with van der Waals surface area (Å²) in [5, 5.41) is 3.33. The van der Waals surface area contributed by atoms with Crippen molar-refractivity contribution in [3.63, 3.8) is 0 Å². The molecule has 1 aromatic rings. The van der Waals surface area contributed by atoms with Gasteiger partial charge in [-0.05, 0) is 27.7 Å². The van der Waals surface area contributed by atoms with Crippen molar-refractivity contribution in [3.05, 3.63) is 11.9 Å². The molecule has 4 nitrogen and oxygen atoms in total. The average molecular weight is 211 g/mol. The van der Waals surface area contributed by atoms with Crippen LogP contribution < -0.4 is 5.32 Å². The molecule has 1 atom stereocenters. The molecule has 0 saturated heterocycles. The normalized spacial score (nSPS) is 13.2. The third-order valence-electron chi connectivity index (χ3n) is 2.15. The molecular formula is C11H21N3O. The van der Waals surface area contributed by atoms with Gasteiger partial charge in [-0.2, -0.15) is 0 Å². The Morgan fingerprint density at radius 1 is 1.47 bits per heavy atom. The van der Waals surface area contributed by atoms with Crippen LogP contribution in [0.1, 0.15) is 32.5 Å². The Labute approximate surface area is 91.7 Å². The third kappa shape index (κ3) is 3.23. The molecule has 1 unspecified atom stereocenters. The smallest absolute Gasteiger partial charge is 0.203 e. The standard InChI is InChI=1S/C11H21N3O/c1-8(2)12-11-13-9(3)6-14(11)10(4)7-15-5/h6,8,10H,7H2,1-5H3,(H,12,13). The quantitative estimate of drug-likeness (QED) is 0.811. The number of nitrogens with one attached hydrogen (secondary N) is 1. The maximum atomic E-state index is 5.15. The highest BCUT2D eigenvalue weighted by molar-refractivity contribution is 5.30. The molecule has 0 aliphatic carbocycles. The highest BCUT2D eigenvalue weighted by Gasteiger charge is 2.11. The van der Waals surface area contributed by atoms with Crippen molar-refractivity contribution in [1.82, 2.24) is 9.55 Å². The fourth-order valence-electron chi connectivity index (χ4n) is 1.54. The Kier molecular flexibility index (Phi) is 4.15. The molecule has 0 fully saturated rings. The summed E-state index contributed by atoms with van der Waals surface area (Å²) in [7, 11) is 1.72. The first-order valence-electron chi connectivity index (χ1n) is 5.35. The fraction of sp³-hybridized carbons (Fsp3) is 0.727. The van der Waals surface area contributed by atoms with Crippen molar-refractivity contribution in [3.8, 4) is 0 Å². The summed E-state index contributed by atoms with van der Waals surface area (Å²) in [5.74, 6) is 0.923. The molecule has 0 spiro atoms. The predicted molar refractivity (Wildman–Crippen MR) is 62.3 cm³/mol. The minimum absolute atomic E-state index is 0.303. The van der Waals surface area contributed by atoms with E-state index < -0.39 is 0 Å². The maximum Gasteiger partial charge on any atom is 0.203 e. The van der Waals surface area contributed by atoms with Gasteiger partial charge in [0.1, 0.15) is 0 Å². The minimum atomic E-state index is 0.303. The van der Waals surface area contributed by atoms with Crippen LogP contribution in [0.3, 0.4) is 0 Å². The van der Waals surface area contributed by atoms with Crippen LogP contribution in [0.2, 0.25) is 0 Å². The first kappa shape index (κ1) is 12.0. The highest BCUT2D eigenvalue weighted by Crippen LogP contribution is 2.16. The van der Waals surface area contributed by atoms with Gasteiger partial charge in [-0.15, -0.1) is 0 Å². The van der Waals surface area contributed by atoms with Crippen LogP contribution in [0.5, 0.6) is 0 Å². The summed E-state index contributed by atoms with van der Waals surface area (Å²) >= 11 is 0. The number of hydrogen-bond donors (Lipinski definition) is 1. The van der Waals surface area contributed by atoms with Gasteiger partial charge in [0.05, 0.1) is 18.3 Å². The zero-order chi connectivity index (χ0) is 11.4. The van der Waals surface area contributed by atoms with E-state index >= 15 is 0 Å². The topological polar surface area (TPSA) is 39.1 Å². The van der Waals surface area contributed by atoms with E-state index in [0.29, 0.717) is 18.7 Å². The van der Waals surface area contributed by atoms with Gasteiger partial charge in [-0.25, -0.2) is 4.98 Å². The molecule has 0 bridgehead atoms. The largest absolute Gasteiger partial charge is 0.383 e. The van der Waals surface area contributed by atoms with E-state index in [-0.39, 0.29) is 0 Å². The van der Waals surface area contributed by atoms with Crippen LogP contribution in [0.4, 0.5) is 5.95 Å². The molecule has 0 radical (unpaired) electrons. The van der Waals surface area contributed by atoms with Gasteiger partial charge >= 0.3 is 0 Å². The van der Waals surface area contributed by atoms with E-state index in [0.717, 1.165) is 11.6 Å². The van der Waals surface area contributed by atoms with Crippen molar-refractivity contribution in [2.75, 3.05) is 19.0 Å². The first-order valence-corrected chi connectivity index (χ1v) is 5.35. The van der Waals surface area contributed by atoms with Gasteiger partial charge < -0.3 is 14.6 Å². The van der Waals surface area contributed by atoms with Crippen LogP contribution in [-0.4, -0.2) is 29.3 Å². The Bertz CT molecular complexity index is 307. The summed E-state index contributed by atoms with van der Waals surface area (Å²) in [5.41, 5.74) is 1.03. The number of methoxy groups -OCH3 is 1. The van der Waals surface area contributed by atoms with Crippen molar-refractivity contribution in [2.24, 2.45) is 0 Å². The first-order chi connectivity index (χ1) is 7.04. The van der Waals surface area contributed by atoms with E-state index in [1.54, 1.807) is 7.11 Å². The second-order valence-corrected chi connectivity index (χ2v) is 4.22. The lowest BCUT2D eigenvalue weighted by atomic mass is 10.3. The van der Waals surface area contributed by atoms with Crippen LogP contribution in [-0.2, 0) is 4.74 Å². The molecule has 1 aromatic heterocycles. The molecule has 4 heteroatoms. The molecular weight excluding hydrogens is 190 g/mol. The summed E-state index contributed by atoms with van der Waals surface area (Å²) in [6.45, 7) is 9.03. The number of ether oxygens (including phenoxy) is 1. The second-order valence-electron chi connectivity index (χ2n) is 4.22. The van der Waals surface area contributed by atoms with E-state index in [1.165, 1.54) is 0 Å². The van der Waals surface area contributed by atoms with E-state index in [1.807, 2.05) is 6.92 Å². The lowest BCUT2D eigenvalue weighted by Crippen LogP contribution is -2.18. The molecule has 0 aromatic carbocycles. The Morgan fingerprint density at radius 3 is 2.67 bits per heavy atom. The molecule has 1 N–H and O–H groups in total. The third-order valence-corrected chi connectivity index (χ3v) is 2.15. The van der Waals surface area contributed by atoms with Gasteiger partial charge in [-0.3, -0.25) is 0 Å². The molecule has 0 aliphatic heterocycles. The number of anilines is 1. The minimum Gasteiger partial charge on any atom is -0.383 e. The summed E-state index contributed by atoms with van der Waals surface area (Å²) < 4.78 is 7.27. The molecule has 86 valence electrons. The Hall–Kier alpha value is -1.03. The molecule has 1 heterocycles. The SMILES string of the molecule is COCC(C)n1cc(C)nc1NC(C)C. The average Bonchev–Trinajstić information content (AvgIpc) is 2.46. The molecule has 1 rings (SSSR count). The molecule has 0 aliphatic rings. The second kappa shape index (κ2) is 5.16. The van der Waals surface area contributed by atoms with Gasteiger partial charge in [0.2, 0.25) is 5.95 Å². The van der Waals surface area contributed by atoms with E-state index in [2.05, 4.69) is 41.8 Å². The number of nitrogens with zero attached hydrogens (tertiary/aromatic N) is 2. The predicted octanol–water partition coefficient (Wildman–Crippen LogP) is 2.22. The van der Waals surface area contributed by atoms with Gasteiger partial charge in [0.15, 0.2) is 0 Å². The zero-order valence-corrected chi connectivity index (χ0v) is 10.2. The Balaban J connectivity index is 2.85. The van der Waals surface area contributed by atoms with Gasteiger partial charge in [0, 0.05) is 19.3 Å². The van der Waals surface area contributed by atoms with Crippen molar-refractivity contribution in [2.45, 2.75) is 39.8 Å². The number of aryl methyl sites for hydroxylation is 1. The van der Waals surface area contributed by atoms with Crippen LogP contribution in [0, 0.1) is 6.92 Å². The Morgan fingerprint density at radius 2 is 2.13 bits per heavy atom. The summed E-state index contributed by atoms with van der Waals surface area (Å²) in [4.78, 5) is 4.45. The van der Waals surface area contributed by atoms with E-state index in [4.69, 9.17) is 4.74 Å². The monoisotopic (exact) mass is 211 g/mol. The zero-order valence-electron chi connectivity index (χ0n) is 10.2. The molecule has 15 heavy (non-hydrogen) atoms. The number of aromatic nitrogens is 2. The summed E-state index contributed by atoms with van der Waals surface area (Å²) in [6.07, 6.45) is 2.05. The summed E-state index contributed by atoms with van der Waals surface area (Å²) in [6, 6.07) is 0.692. The van der Waals surface area contributed by atoms with Crippen molar-refractivity contribution in [1.29, 1.82) is 0 Å². The van der Waals surface area contributed by atoms with E-state index in [9.17, 15) is 0 Å². The molecule has 0 saturated carbocycles. The fourth-order valence-corrected chi connectivity index (χ4v) is 1.54. The number of hydrogen-bond acceptors (Lipinski definition) is 3. The number of rotatable bonds is 5. The highest BCUT2D eigenvalue weighted by atomic mass is 16.5. The van der Waals surface area contributed by atoms with Crippen LogP contribution >= 0.6 is 0 Å². The molecule has 0 amide bonds. The van der Waals surface area contributed by atoms with Gasteiger partial charge in [-0.1, -0.05) is 0 Å². The number of imidazole rings is 1. The van der Waals surface area contributed by atoms with Gasteiger partial charge in [0.25, 0.3) is 0 Å². The lowest BCUT2D eigenvalue weighted by molar-refractivity contribution is 0.163. The van der Waals surface area contributed by atoms with Crippen molar-refractivity contribution >= 4 is 5.95 Å². The maximum absolute atomic E-state index is 5.15. The van der Waals surface area contributed by atoms with Crippen LogP contribution in [0.15, 0.2) is 6.20 Å². The lowest BCUT2D eigenvalue weighted by Gasteiger charge is -2.17.